The van der Waals surface area contributed by atoms with Gasteiger partial charge in [0, 0.05) is 20.4 Å². The maximum atomic E-state index is 6.25. The summed E-state index contributed by atoms with van der Waals surface area (Å²) < 4.78 is 5.46. The molecule has 0 amide bonds. The summed E-state index contributed by atoms with van der Waals surface area (Å²) in [5.41, 5.74) is 14.6. The van der Waals surface area contributed by atoms with Gasteiger partial charge in [0.15, 0.2) is 0 Å². The third-order valence-corrected chi connectivity index (χ3v) is 6.29. The Balaban J connectivity index is 1.93. The van der Waals surface area contributed by atoms with Crippen LogP contribution in [0.25, 0.3) is 0 Å². The average molecular weight is 369 g/mol. The summed E-state index contributed by atoms with van der Waals surface area (Å²) in [6, 6.07) is 20.2. The molecule has 0 aromatic heterocycles. The van der Waals surface area contributed by atoms with E-state index in [1.54, 1.807) is 30.6 Å². The minimum absolute atomic E-state index is 0.721. The van der Waals surface area contributed by atoms with Crippen LogP contribution >= 0.6 is 23.5 Å². The van der Waals surface area contributed by atoms with Crippen LogP contribution < -0.4 is 16.2 Å². The van der Waals surface area contributed by atoms with E-state index in [0.29, 0.717) is 0 Å². The first-order chi connectivity index (χ1) is 12.1. The van der Waals surface area contributed by atoms with Crippen LogP contribution in [0.2, 0.25) is 0 Å². The van der Waals surface area contributed by atoms with E-state index >= 15 is 0 Å². The number of nitrogens with two attached hydrogens (primary N) is 2. The van der Waals surface area contributed by atoms with Crippen LogP contribution in [0.5, 0.6) is 5.75 Å². The SMILES string of the molecule is COc1ccccc1Sc1ccccc1Sc1ccc(N)c(C)c1N. The third-order valence-electron chi connectivity index (χ3n) is 3.87. The lowest BCUT2D eigenvalue weighted by atomic mass is 10.2. The average Bonchev–Trinajstić information content (AvgIpc) is 2.64. The molecule has 128 valence electrons. The van der Waals surface area contributed by atoms with E-state index in [4.69, 9.17) is 16.2 Å². The molecule has 3 aromatic carbocycles. The summed E-state index contributed by atoms with van der Waals surface area (Å²) >= 11 is 3.34. The quantitative estimate of drug-likeness (QED) is 0.585. The predicted octanol–water partition coefficient (Wildman–Crippen LogP) is 5.47. The molecule has 25 heavy (non-hydrogen) atoms. The zero-order valence-corrected chi connectivity index (χ0v) is 15.8. The normalized spacial score (nSPS) is 10.6. The Labute approximate surface area is 156 Å². The number of hydrogen-bond donors (Lipinski definition) is 2. The van der Waals surface area contributed by atoms with Crippen LogP contribution in [0.15, 0.2) is 80.2 Å². The summed E-state index contributed by atoms with van der Waals surface area (Å²) in [6.07, 6.45) is 0. The second kappa shape index (κ2) is 7.76. The van der Waals surface area contributed by atoms with Crippen LogP contribution in [0.4, 0.5) is 11.4 Å². The molecule has 0 aliphatic carbocycles. The van der Waals surface area contributed by atoms with E-state index in [1.165, 1.54) is 0 Å². The van der Waals surface area contributed by atoms with Crippen molar-refractivity contribution in [2.24, 2.45) is 0 Å². The molecule has 3 nitrogen and oxygen atoms in total. The number of anilines is 2. The highest BCUT2D eigenvalue weighted by Gasteiger charge is 2.12. The van der Waals surface area contributed by atoms with Crippen molar-refractivity contribution in [1.29, 1.82) is 0 Å². The Morgan fingerprint density at radius 3 is 1.92 bits per heavy atom. The second-order valence-corrected chi connectivity index (χ2v) is 7.66. The molecule has 3 aromatic rings. The molecule has 0 saturated heterocycles. The van der Waals surface area contributed by atoms with Gasteiger partial charge in [-0.1, -0.05) is 47.8 Å². The minimum Gasteiger partial charge on any atom is -0.496 e. The molecule has 0 fully saturated rings. The van der Waals surface area contributed by atoms with Crippen molar-refractivity contribution in [3.05, 3.63) is 66.2 Å². The largest absolute Gasteiger partial charge is 0.496 e. The Bertz CT molecular complexity index is 897. The molecule has 0 heterocycles. The van der Waals surface area contributed by atoms with E-state index < -0.39 is 0 Å². The van der Waals surface area contributed by atoms with Gasteiger partial charge in [0.2, 0.25) is 0 Å². The number of rotatable bonds is 5. The Hall–Kier alpha value is -2.24. The van der Waals surface area contributed by atoms with Crippen molar-refractivity contribution >= 4 is 34.9 Å². The van der Waals surface area contributed by atoms with Gasteiger partial charge >= 0.3 is 0 Å². The Morgan fingerprint density at radius 1 is 0.720 bits per heavy atom. The molecule has 0 spiro atoms. The topological polar surface area (TPSA) is 61.3 Å². The summed E-state index contributed by atoms with van der Waals surface area (Å²) in [5, 5.41) is 0. The van der Waals surface area contributed by atoms with Crippen molar-refractivity contribution < 1.29 is 4.74 Å². The lowest BCUT2D eigenvalue weighted by Gasteiger charge is -2.13. The minimum atomic E-state index is 0.721. The first-order valence-electron chi connectivity index (χ1n) is 7.82. The van der Waals surface area contributed by atoms with Crippen LogP contribution in [-0.2, 0) is 0 Å². The monoisotopic (exact) mass is 368 g/mol. The molecule has 0 radical (unpaired) electrons. The highest BCUT2D eigenvalue weighted by atomic mass is 32.2. The van der Waals surface area contributed by atoms with Gasteiger partial charge in [-0.15, -0.1) is 0 Å². The number of benzene rings is 3. The van der Waals surface area contributed by atoms with Gasteiger partial charge in [-0.3, -0.25) is 0 Å². The fourth-order valence-corrected chi connectivity index (χ4v) is 4.52. The zero-order valence-electron chi connectivity index (χ0n) is 14.2. The van der Waals surface area contributed by atoms with Crippen LogP contribution in [0.1, 0.15) is 5.56 Å². The zero-order chi connectivity index (χ0) is 17.8. The Morgan fingerprint density at radius 2 is 1.28 bits per heavy atom. The van der Waals surface area contributed by atoms with Crippen LogP contribution in [-0.4, -0.2) is 7.11 Å². The van der Waals surface area contributed by atoms with Crippen molar-refractivity contribution in [3.8, 4) is 5.75 Å². The number of hydrogen-bond acceptors (Lipinski definition) is 5. The molecule has 0 bridgehead atoms. The Kier molecular flexibility index (Phi) is 5.46. The second-order valence-electron chi connectivity index (χ2n) is 5.49. The van der Waals surface area contributed by atoms with Gasteiger partial charge < -0.3 is 16.2 Å². The van der Waals surface area contributed by atoms with E-state index in [2.05, 4.69) is 18.2 Å². The molecule has 0 saturated carbocycles. The standard InChI is InChI=1S/C20H20N2OS2/c1-13-14(21)11-12-19(20(13)22)25-18-10-6-5-9-17(18)24-16-8-4-3-7-15(16)23-2/h3-12H,21-22H2,1-2H3. The lowest BCUT2D eigenvalue weighted by Crippen LogP contribution is -1.97. The molecule has 0 aliphatic rings. The summed E-state index contributed by atoms with van der Waals surface area (Å²) in [5.74, 6) is 0.871. The summed E-state index contributed by atoms with van der Waals surface area (Å²) in [6.45, 7) is 1.95. The van der Waals surface area contributed by atoms with E-state index in [1.807, 2.05) is 49.4 Å². The molecular formula is C20H20N2OS2. The molecular weight excluding hydrogens is 348 g/mol. The van der Waals surface area contributed by atoms with Crippen LogP contribution in [0.3, 0.4) is 0 Å². The summed E-state index contributed by atoms with van der Waals surface area (Å²) in [7, 11) is 1.69. The first kappa shape index (κ1) is 17.6. The lowest BCUT2D eigenvalue weighted by molar-refractivity contribution is 0.405. The van der Waals surface area contributed by atoms with Crippen molar-refractivity contribution in [2.75, 3.05) is 18.6 Å². The first-order valence-corrected chi connectivity index (χ1v) is 9.45. The highest BCUT2D eigenvalue weighted by Crippen LogP contribution is 2.43. The highest BCUT2D eigenvalue weighted by molar-refractivity contribution is 8.02. The molecule has 0 aliphatic heterocycles. The number of methoxy groups -OCH3 is 1. The van der Waals surface area contributed by atoms with Crippen molar-refractivity contribution in [2.45, 2.75) is 26.5 Å². The number of nitrogen functional groups attached to an aromatic ring is 2. The fraction of sp³-hybridized carbons (Fsp3) is 0.100. The molecule has 0 atom stereocenters. The van der Waals surface area contributed by atoms with E-state index in [0.717, 1.165) is 42.3 Å². The van der Waals surface area contributed by atoms with Gasteiger partial charge in [-0.25, -0.2) is 0 Å². The smallest absolute Gasteiger partial charge is 0.132 e. The van der Waals surface area contributed by atoms with Gasteiger partial charge in [0.1, 0.15) is 5.75 Å². The number of ether oxygens (including phenoxy) is 1. The third kappa shape index (κ3) is 3.89. The maximum absolute atomic E-state index is 6.25. The van der Waals surface area contributed by atoms with Gasteiger partial charge in [-0.2, -0.15) is 0 Å². The fourth-order valence-electron chi connectivity index (χ4n) is 2.37. The predicted molar refractivity (Wildman–Crippen MR) is 108 cm³/mol. The molecule has 0 unspecified atom stereocenters. The van der Waals surface area contributed by atoms with E-state index in [-0.39, 0.29) is 0 Å². The van der Waals surface area contributed by atoms with Crippen LogP contribution in [0, 0.1) is 6.92 Å². The summed E-state index contributed by atoms with van der Waals surface area (Å²) in [4.78, 5) is 4.40. The molecule has 4 N–H and O–H groups in total. The van der Waals surface area contributed by atoms with Gasteiger partial charge in [0.25, 0.3) is 0 Å². The molecule has 5 heteroatoms. The maximum Gasteiger partial charge on any atom is 0.132 e. The van der Waals surface area contributed by atoms with Gasteiger partial charge in [0.05, 0.1) is 17.7 Å². The van der Waals surface area contributed by atoms with Gasteiger partial charge in [-0.05, 0) is 48.9 Å². The number of para-hydroxylation sites is 1. The van der Waals surface area contributed by atoms with Crippen molar-refractivity contribution in [3.63, 3.8) is 0 Å². The molecule has 3 rings (SSSR count). The van der Waals surface area contributed by atoms with Crippen molar-refractivity contribution in [1.82, 2.24) is 0 Å². The van der Waals surface area contributed by atoms with E-state index in [9.17, 15) is 0 Å².